The molecule has 0 fully saturated rings. The molecule has 0 aliphatic rings. The summed E-state index contributed by atoms with van der Waals surface area (Å²) in [5.41, 5.74) is 6.18. The molecule has 2 N–H and O–H groups in total. The number of benzene rings is 1. The highest BCUT2D eigenvalue weighted by Crippen LogP contribution is 2.33. The summed E-state index contributed by atoms with van der Waals surface area (Å²) in [4.78, 5) is 3.88. The molecule has 16 heavy (non-hydrogen) atoms. The van der Waals surface area contributed by atoms with Gasteiger partial charge >= 0.3 is 0 Å². The zero-order valence-corrected chi connectivity index (χ0v) is 10.5. The van der Waals surface area contributed by atoms with Gasteiger partial charge in [0.15, 0.2) is 5.75 Å². The minimum Gasteiger partial charge on any atom is -0.454 e. The van der Waals surface area contributed by atoms with Gasteiger partial charge in [-0.2, -0.15) is 0 Å². The van der Waals surface area contributed by atoms with Gasteiger partial charge in [-0.3, -0.25) is 4.98 Å². The van der Waals surface area contributed by atoms with E-state index in [1.54, 1.807) is 24.4 Å². The van der Waals surface area contributed by atoms with Crippen LogP contribution < -0.4 is 10.5 Å². The first-order valence-corrected chi connectivity index (χ1v) is 5.66. The third-order valence-corrected chi connectivity index (χ3v) is 2.71. The highest BCUT2D eigenvalue weighted by atomic mass is 79.9. The van der Waals surface area contributed by atoms with Crippen molar-refractivity contribution >= 4 is 33.2 Å². The lowest BCUT2D eigenvalue weighted by Crippen LogP contribution is -1.92. The molecule has 1 aromatic heterocycles. The summed E-state index contributed by atoms with van der Waals surface area (Å²) >= 11 is 9.34. The van der Waals surface area contributed by atoms with Gasteiger partial charge in [-0.15, -0.1) is 0 Å². The van der Waals surface area contributed by atoms with Crippen molar-refractivity contribution < 1.29 is 4.74 Å². The average molecular weight is 300 g/mol. The highest BCUT2D eigenvalue weighted by molar-refractivity contribution is 9.10. The molecule has 0 atom stereocenters. The molecular formula is C11H8BrClN2O. The second kappa shape index (κ2) is 4.72. The molecule has 0 saturated heterocycles. The van der Waals surface area contributed by atoms with Crippen molar-refractivity contribution in [3.8, 4) is 11.5 Å². The Bertz CT molecular complexity index is 519. The van der Waals surface area contributed by atoms with Crippen molar-refractivity contribution in [2.45, 2.75) is 0 Å². The maximum Gasteiger partial charge on any atom is 0.153 e. The minimum absolute atomic E-state index is 0.474. The second-order valence-electron chi connectivity index (χ2n) is 3.09. The summed E-state index contributed by atoms with van der Waals surface area (Å²) < 4.78 is 6.47. The predicted molar refractivity (Wildman–Crippen MR) is 67.9 cm³/mol. The number of halogens is 2. The van der Waals surface area contributed by atoms with Crippen LogP contribution >= 0.6 is 27.5 Å². The van der Waals surface area contributed by atoms with Crippen LogP contribution in [-0.4, -0.2) is 4.98 Å². The number of nitrogens with two attached hydrogens (primary N) is 1. The smallest absolute Gasteiger partial charge is 0.153 e. The number of nitrogens with zero attached hydrogens (tertiary/aromatic N) is 1. The Morgan fingerprint density at radius 2 is 2.06 bits per heavy atom. The van der Waals surface area contributed by atoms with Crippen LogP contribution in [0.1, 0.15) is 0 Å². The van der Waals surface area contributed by atoms with Gasteiger partial charge in [-0.25, -0.2) is 0 Å². The minimum atomic E-state index is 0.474. The molecule has 1 aromatic carbocycles. The molecule has 0 spiro atoms. The Kier molecular flexibility index (Phi) is 3.31. The van der Waals surface area contributed by atoms with E-state index in [0.29, 0.717) is 22.2 Å². The van der Waals surface area contributed by atoms with Gasteiger partial charge in [-0.05, 0) is 18.2 Å². The molecule has 0 aliphatic heterocycles. The lowest BCUT2D eigenvalue weighted by atomic mass is 10.3. The molecule has 0 amide bonds. The summed E-state index contributed by atoms with van der Waals surface area (Å²) in [6.07, 6.45) is 3.14. The lowest BCUT2D eigenvalue weighted by Gasteiger charge is -2.09. The highest BCUT2D eigenvalue weighted by Gasteiger charge is 2.05. The van der Waals surface area contributed by atoms with Crippen LogP contribution in [0.5, 0.6) is 11.5 Å². The molecule has 0 bridgehead atoms. The summed E-state index contributed by atoms with van der Waals surface area (Å²) in [6, 6.07) is 7.06. The zero-order valence-electron chi connectivity index (χ0n) is 8.15. The van der Waals surface area contributed by atoms with Gasteiger partial charge in [-0.1, -0.05) is 27.5 Å². The van der Waals surface area contributed by atoms with E-state index in [1.807, 2.05) is 6.07 Å². The Labute approximate surface area is 106 Å². The van der Waals surface area contributed by atoms with E-state index in [2.05, 4.69) is 20.9 Å². The first kappa shape index (κ1) is 11.2. The molecule has 0 aliphatic carbocycles. The number of anilines is 1. The number of pyridine rings is 1. The van der Waals surface area contributed by atoms with Crippen molar-refractivity contribution in [1.82, 2.24) is 4.98 Å². The predicted octanol–water partition coefficient (Wildman–Crippen LogP) is 3.87. The molecule has 5 heteroatoms. The van der Waals surface area contributed by atoms with Crippen molar-refractivity contribution in [3.05, 3.63) is 46.2 Å². The quantitative estimate of drug-likeness (QED) is 0.915. The van der Waals surface area contributed by atoms with E-state index < -0.39 is 0 Å². The fraction of sp³-hybridized carbons (Fsp3) is 0. The van der Waals surface area contributed by atoms with Gasteiger partial charge in [0.05, 0.1) is 16.9 Å². The van der Waals surface area contributed by atoms with Gasteiger partial charge < -0.3 is 10.5 Å². The number of rotatable bonds is 2. The van der Waals surface area contributed by atoms with Gasteiger partial charge in [0.1, 0.15) is 5.75 Å². The molecule has 82 valence electrons. The first-order valence-electron chi connectivity index (χ1n) is 4.49. The zero-order chi connectivity index (χ0) is 11.5. The molecule has 3 nitrogen and oxygen atoms in total. The molecule has 0 radical (unpaired) electrons. The fourth-order valence-electron chi connectivity index (χ4n) is 1.16. The van der Waals surface area contributed by atoms with Gasteiger partial charge in [0.2, 0.25) is 0 Å². The second-order valence-corrected chi connectivity index (χ2v) is 4.41. The summed E-state index contributed by atoms with van der Waals surface area (Å²) in [5.74, 6) is 1.10. The topological polar surface area (TPSA) is 48.1 Å². The standard InChI is InChI=1S/C11H8BrClN2O/c12-7-1-2-10(8(13)5-7)16-11-3-4-15-6-9(11)14/h1-6H,14H2. The van der Waals surface area contributed by atoms with Crippen LogP contribution in [0.15, 0.2) is 41.1 Å². The lowest BCUT2D eigenvalue weighted by molar-refractivity contribution is 0.484. The summed E-state index contributed by atoms with van der Waals surface area (Å²) in [6.45, 7) is 0. The van der Waals surface area contributed by atoms with E-state index >= 15 is 0 Å². The summed E-state index contributed by atoms with van der Waals surface area (Å²) in [7, 11) is 0. The Morgan fingerprint density at radius 1 is 1.25 bits per heavy atom. The monoisotopic (exact) mass is 298 g/mol. The van der Waals surface area contributed by atoms with E-state index in [-0.39, 0.29) is 0 Å². The Hall–Kier alpha value is -1.26. The van der Waals surface area contributed by atoms with Crippen LogP contribution in [0.25, 0.3) is 0 Å². The van der Waals surface area contributed by atoms with E-state index in [9.17, 15) is 0 Å². The van der Waals surface area contributed by atoms with Gasteiger partial charge in [0.25, 0.3) is 0 Å². The third-order valence-electron chi connectivity index (χ3n) is 1.92. The number of hydrogen-bond donors (Lipinski definition) is 1. The number of ether oxygens (including phenoxy) is 1. The maximum atomic E-state index is 6.02. The van der Waals surface area contributed by atoms with Crippen molar-refractivity contribution in [1.29, 1.82) is 0 Å². The first-order chi connectivity index (χ1) is 7.66. The average Bonchev–Trinajstić information content (AvgIpc) is 2.25. The SMILES string of the molecule is Nc1cnccc1Oc1ccc(Br)cc1Cl. The number of hydrogen-bond acceptors (Lipinski definition) is 3. The van der Waals surface area contributed by atoms with Crippen LogP contribution in [0, 0.1) is 0 Å². The van der Waals surface area contributed by atoms with E-state index in [1.165, 1.54) is 6.20 Å². The fourth-order valence-corrected chi connectivity index (χ4v) is 1.88. The molecular weight excluding hydrogens is 291 g/mol. The largest absolute Gasteiger partial charge is 0.454 e. The number of nitrogen functional groups attached to an aromatic ring is 1. The Balaban J connectivity index is 2.31. The van der Waals surface area contributed by atoms with E-state index in [4.69, 9.17) is 22.1 Å². The molecule has 2 aromatic rings. The van der Waals surface area contributed by atoms with E-state index in [0.717, 1.165) is 4.47 Å². The van der Waals surface area contributed by atoms with Crippen LogP contribution in [0.3, 0.4) is 0 Å². The van der Waals surface area contributed by atoms with Crippen LogP contribution in [-0.2, 0) is 0 Å². The van der Waals surface area contributed by atoms with Crippen LogP contribution in [0.4, 0.5) is 5.69 Å². The van der Waals surface area contributed by atoms with Crippen molar-refractivity contribution in [3.63, 3.8) is 0 Å². The van der Waals surface area contributed by atoms with Crippen molar-refractivity contribution in [2.75, 3.05) is 5.73 Å². The molecule has 1 heterocycles. The Morgan fingerprint density at radius 3 is 2.75 bits per heavy atom. The van der Waals surface area contributed by atoms with Crippen molar-refractivity contribution in [2.24, 2.45) is 0 Å². The molecule has 2 rings (SSSR count). The molecule has 0 unspecified atom stereocenters. The number of aromatic nitrogens is 1. The summed E-state index contributed by atoms with van der Waals surface area (Å²) in [5, 5.41) is 0.519. The third kappa shape index (κ3) is 2.46. The normalized spacial score (nSPS) is 10.1. The molecule has 0 saturated carbocycles. The maximum absolute atomic E-state index is 6.02. The van der Waals surface area contributed by atoms with Gasteiger partial charge in [0, 0.05) is 16.7 Å². The van der Waals surface area contributed by atoms with Crippen LogP contribution in [0.2, 0.25) is 5.02 Å².